The molecule has 2 aliphatic rings. The molecule has 5 heteroatoms. The molecule has 130 valence electrons. The molecular weight excluding hydrogens is 314 g/mol. The van der Waals surface area contributed by atoms with Crippen LogP contribution in [0.5, 0.6) is 0 Å². The van der Waals surface area contributed by atoms with Gasteiger partial charge in [0.05, 0.1) is 31.7 Å². The Kier molecular flexibility index (Phi) is 4.56. The van der Waals surface area contributed by atoms with Crippen molar-refractivity contribution in [2.75, 3.05) is 19.7 Å². The molecular formula is C20H23N3O2. The molecule has 0 spiro atoms. The number of nitriles is 1. The van der Waals surface area contributed by atoms with Gasteiger partial charge in [0, 0.05) is 41.8 Å². The van der Waals surface area contributed by atoms with Crippen LogP contribution in [-0.4, -0.2) is 47.1 Å². The number of aryl methyl sites for hydroxylation is 1. The van der Waals surface area contributed by atoms with Gasteiger partial charge >= 0.3 is 0 Å². The number of ketones is 1. The monoisotopic (exact) mass is 337 g/mol. The van der Waals surface area contributed by atoms with E-state index in [-0.39, 0.29) is 5.78 Å². The zero-order valence-corrected chi connectivity index (χ0v) is 14.4. The van der Waals surface area contributed by atoms with Gasteiger partial charge in [0.2, 0.25) is 0 Å². The Balaban J connectivity index is 1.58. The molecule has 25 heavy (non-hydrogen) atoms. The number of aromatic nitrogens is 1. The first-order valence-corrected chi connectivity index (χ1v) is 9.11. The third kappa shape index (κ3) is 3.08. The van der Waals surface area contributed by atoms with Crippen molar-refractivity contribution < 1.29 is 9.53 Å². The Morgan fingerprint density at radius 3 is 3.08 bits per heavy atom. The van der Waals surface area contributed by atoms with Crippen molar-refractivity contribution in [3.8, 4) is 6.07 Å². The summed E-state index contributed by atoms with van der Waals surface area (Å²) >= 11 is 0. The minimum Gasteiger partial charge on any atom is -0.375 e. The van der Waals surface area contributed by atoms with Crippen molar-refractivity contribution in [2.24, 2.45) is 0 Å². The fourth-order valence-corrected chi connectivity index (χ4v) is 4.30. The molecule has 0 unspecified atom stereocenters. The predicted molar refractivity (Wildman–Crippen MR) is 95.5 cm³/mol. The lowest BCUT2D eigenvalue weighted by molar-refractivity contribution is -0.0522. The molecule has 0 N–H and O–H groups in total. The highest BCUT2D eigenvalue weighted by molar-refractivity contribution is 6.09. The fraction of sp³-hybridized carbons (Fsp3) is 0.500. The molecule has 1 aliphatic heterocycles. The maximum atomic E-state index is 13.0. The molecule has 0 bridgehead atoms. The maximum absolute atomic E-state index is 13.0. The molecule has 1 saturated carbocycles. The second-order valence-electron chi connectivity index (χ2n) is 6.96. The number of hydrogen-bond donors (Lipinski definition) is 0. The van der Waals surface area contributed by atoms with Crippen LogP contribution in [0.1, 0.15) is 36.0 Å². The minimum atomic E-state index is 0.166. The lowest BCUT2D eigenvalue weighted by Gasteiger charge is -2.37. The predicted octanol–water partition coefficient (Wildman–Crippen LogP) is 2.99. The second-order valence-corrected chi connectivity index (χ2v) is 6.96. The van der Waals surface area contributed by atoms with E-state index in [0.29, 0.717) is 31.7 Å². The van der Waals surface area contributed by atoms with Crippen molar-refractivity contribution >= 4 is 16.7 Å². The van der Waals surface area contributed by atoms with E-state index in [9.17, 15) is 4.79 Å². The molecule has 5 nitrogen and oxygen atoms in total. The molecule has 1 aromatic heterocycles. The summed E-state index contributed by atoms with van der Waals surface area (Å²) in [5.74, 6) is 0.166. The van der Waals surface area contributed by atoms with Crippen molar-refractivity contribution in [1.29, 1.82) is 5.26 Å². The highest BCUT2D eigenvalue weighted by atomic mass is 16.5. The number of nitrogens with zero attached hydrogens (tertiary/aromatic N) is 3. The zero-order chi connectivity index (χ0) is 17.2. The van der Waals surface area contributed by atoms with E-state index in [4.69, 9.17) is 10.00 Å². The van der Waals surface area contributed by atoms with Crippen LogP contribution in [0.3, 0.4) is 0 Å². The summed E-state index contributed by atoms with van der Waals surface area (Å²) in [6.45, 7) is 2.63. The van der Waals surface area contributed by atoms with Crippen LogP contribution in [0.15, 0.2) is 30.5 Å². The number of ether oxygens (including phenoxy) is 1. The van der Waals surface area contributed by atoms with E-state index in [1.807, 2.05) is 35.0 Å². The van der Waals surface area contributed by atoms with E-state index in [2.05, 4.69) is 11.0 Å². The Bertz CT molecular complexity index is 820. The van der Waals surface area contributed by atoms with Gasteiger partial charge in [-0.1, -0.05) is 18.2 Å². The van der Waals surface area contributed by atoms with Crippen LogP contribution < -0.4 is 0 Å². The quantitative estimate of drug-likeness (QED) is 0.787. The molecule has 2 fully saturated rings. The topological polar surface area (TPSA) is 58.3 Å². The Morgan fingerprint density at radius 2 is 2.20 bits per heavy atom. The van der Waals surface area contributed by atoms with Gasteiger partial charge in [-0.15, -0.1) is 0 Å². The van der Waals surface area contributed by atoms with Gasteiger partial charge in [0.15, 0.2) is 5.78 Å². The molecule has 0 radical (unpaired) electrons. The summed E-state index contributed by atoms with van der Waals surface area (Å²) in [5, 5.41) is 9.86. The lowest BCUT2D eigenvalue weighted by atomic mass is 10.1. The molecule has 2 aromatic rings. The third-order valence-electron chi connectivity index (χ3n) is 5.50. The molecule has 4 rings (SSSR count). The summed E-state index contributed by atoms with van der Waals surface area (Å²) in [6, 6.07) is 10.5. The SMILES string of the molecule is N#CCCn1cc(C(=O)CN2CCO[C@H]3CCC[C@@H]32)c2ccccc21. The van der Waals surface area contributed by atoms with E-state index in [0.717, 1.165) is 42.5 Å². The van der Waals surface area contributed by atoms with Gasteiger partial charge in [0.25, 0.3) is 0 Å². The van der Waals surface area contributed by atoms with Gasteiger partial charge in [-0.3, -0.25) is 9.69 Å². The van der Waals surface area contributed by atoms with Gasteiger partial charge in [-0.05, 0) is 25.3 Å². The summed E-state index contributed by atoms with van der Waals surface area (Å²) < 4.78 is 7.88. The minimum absolute atomic E-state index is 0.166. The van der Waals surface area contributed by atoms with Crippen molar-refractivity contribution in [3.05, 3.63) is 36.0 Å². The average Bonchev–Trinajstić information content (AvgIpc) is 3.25. The summed E-state index contributed by atoms with van der Waals surface area (Å²) in [6.07, 6.45) is 6.10. The number of hydrogen-bond acceptors (Lipinski definition) is 4. The third-order valence-corrected chi connectivity index (χ3v) is 5.50. The van der Waals surface area contributed by atoms with Crippen LogP contribution in [0.25, 0.3) is 10.9 Å². The number of benzene rings is 1. The number of carbonyl (C=O) groups excluding carboxylic acids is 1. The first-order chi connectivity index (χ1) is 12.3. The Morgan fingerprint density at radius 1 is 1.32 bits per heavy atom. The smallest absolute Gasteiger partial charge is 0.178 e. The van der Waals surface area contributed by atoms with E-state index in [1.54, 1.807) is 0 Å². The summed E-state index contributed by atoms with van der Waals surface area (Å²) in [7, 11) is 0. The van der Waals surface area contributed by atoms with Gasteiger partial charge < -0.3 is 9.30 Å². The summed E-state index contributed by atoms with van der Waals surface area (Å²) in [5.41, 5.74) is 1.80. The summed E-state index contributed by atoms with van der Waals surface area (Å²) in [4.78, 5) is 15.4. The second kappa shape index (κ2) is 6.99. The number of carbonyl (C=O) groups is 1. The number of Topliss-reactive ketones (excluding diaryl/α,β-unsaturated/α-hetero) is 1. The average molecular weight is 337 g/mol. The standard InChI is InChI=1S/C20H23N3O2/c21-9-4-10-22-13-16(15-5-1-2-6-17(15)22)19(24)14-23-11-12-25-20-8-3-7-18(20)23/h1-2,5-6,13,18,20H,3-4,7-8,10-12,14H2/t18-,20-/m0/s1. The van der Waals surface area contributed by atoms with Gasteiger partial charge in [-0.25, -0.2) is 0 Å². The van der Waals surface area contributed by atoms with E-state index in [1.165, 1.54) is 6.42 Å². The number of morpholine rings is 1. The normalized spacial score (nSPS) is 23.5. The van der Waals surface area contributed by atoms with E-state index >= 15 is 0 Å². The molecule has 1 aliphatic carbocycles. The van der Waals surface area contributed by atoms with E-state index < -0.39 is 0 Å². The van der Waals surface area contributed by atoms with Crippen molar-refractivity contribution in [2.45, 2.75) is 44.4 Å². The highest BCUT2D eigenvalue weighted by Gasteiger charge is 2.36. The largest absolute Gasteiger partial charge is 0.375 e. The number of rotatable bonds is 5. The molecule has 1 aromatic carbocycles. The van der Waals surface area contributed by atoms with Crippen LogP contribution >= 0.6 is 0 Å². The molecule has 1 saturated heterocycles. The molecule has 2 atom stereocenters. The first kappa shape index (κ1) is 16.3. The van der Waals surface area contributed by atoms with Crippen molar-refractivity contribution in [3.63, 3.8) is 0 Å². The van der Waals surface area contributed by atoms with Crippen LogP contribution in [0.4, 0.5) is 0 Å². The molecule has 0 amide bonds. The fourth-order valence-electron chi connectivity index (χ4n) is 4.30. The Labute approximate surface area is 147 Å². The van der Waals surface area contributed by atoms with Crippen LogP contribution in [0.2, 0.25) is 0 Å². The van der Waals surface area contributed by atoms with Crippen molar-refractivity contribution in [1.82, 2.24) is 9.47 Å². The van der Waals surface area contributed by atoms with Gasteiger partial charge in [0.1, 0.15) is 0 Å². The first-order valence-electron chi connectivity index (χ1n) is 9.11. The maximum Gasteiger partial charge on any atom is 0.178 e. The lowest BCUT2D eigenvalue weighted by Crippen LogP contribution is -2.50. The van der Waals surface area contributed by atoms with Gasteiger partial charge in [-0.2, -0.15) is 5.26 Å². The Hall–Kier alpha value is -2.16. The zero-order valence-electron chi connectivity index (χ0n) is 14.4. The number of fused-ring (bicyclic) bond motifs is 2. The molecule has 2 heterocycles. The highest BCUT2D eigenvalue weighted by Crippen LogP contribution is 2.30. The van der Waals surface area contributed by atoms with Crippen LogP contribution in [-0.2, 0) is 11.3 Å². The van der Waals surface area contributed by atoms with Crippen LogP contribution in [0, 0.1) is 11.3 Å². The number of para-hydroxylation sites is 1.